The third-order valence-electron chi connectivity index (χ3n) is 7.26. The highest BCUT2D eigenvalue weighted by Crippen LogP contribution is 2.43. The van der Waals surface area contributed by atoms with Gasteiger partial charge >= 0.3 is 0 Å². The maximum atomic E-state index is 13.6. The molecule has 1 aliphatic rings. The van der Waals surface area contributed by atoms with Crippen LogP contribution in [-0.2, 0) is 22.7 Å². The maximum absolute atomic E-state index is 13.6. The minimum Gasteiger partial charge on any atom is -0.507 e. The van der Waals surface area contributed by atoms with Gasteiger partial charge in [-0.15, -0.1) is 0 Å². The zero-order valence-corrected chi connectivity index (χ0v) is 24.2. The monoisotopic (exact) mass is 578 g/mol. The van der Waals surface area contributed by atoms with Crippen LogP contribution in [0.2, 0.25) is 0 Å². The van der Waals surface area contributed by atoms with E-state index in [2.05, 4.69) is 11.9 Å². The number of aromatic nitrogens is 1. The summed E-state index contributed by atoms with van der Waals surface area (Å²) < 4.78 is 17.5. The lowest BCUT2D eigenvalue weighted by atomic mass is 9.94. The molecular weight excluding hydrogens is 544 g/mol. The van der Waals surface area contributed by atoms with E-state index in [9.17, 15) is 14.7 Å². The van der Waals surface area contributed by atoms with Crippen molar-refractivity contribution in [1.82, 2.24) is 9.88 Å². The lowest BCUT2D eigenvalue weighted by Crippen LogP contribution is -2.29. The molecule has 5 rings (SSSR count). The Labute approximate surface area is 251 Å². The second kappa shape index (κ2) is 13.7. The van der Waals surface area contributed by atoms with E-state index in [4.69, 9.17) is 14.2 Å². The lowest BCUT2D eigenvalue weighted by Gasteiger charge is -2.26. The van der Waals surface area contributed by atoms with E-state index in [1.165, 1.54) is 12.0 Å². The summed E-state index contributed by atoms with van der Waals surface area (Å²) in [5, 5.41) is 11.6. The molecule has 1 amide bonds. The molecule has 1 unspecified atom stereocenters. The number of unbranched alkanes of at least 4 members (excludes halogenated alkanes) is 1. The van der Waals surface area contributed by atoms with Gasteiger partial charge in [0.05, 0.1) is 25.3 Å². The highest BCUT2D eigenvalue weighted by molar-refractivity contribution is 6.46. The van der Waals surface area contributed by atoms with Gasteiger partial charge in [-0.05, 0) is 59.5 Å². The molecule has 1 N–H and O–H groups in total. The van der Waals surface area contributed by atoms with Crippen LogP contribution in [0.25, 0.3) is 5.76 Å². The van der Waals surface area contributed by atoms with Gasteiger partial charge in [0, 0.05) is 24.5 Å². The Morgan fingerprint density at radius 2 is 1.67 bits per heavy atom. The van der Waals surface area contributed by atoms with Gasteiger partial charge in [0.25, 0.3) is 11.7 Å². The van der Waals surface area contributed by atoms with E-state index in [1.807, 2.05) is 30.3 Å². The summed E-state index contributed by atoms with van der Waals surface area (Å²) in [5.41, 5.74) is 2.76. The molecule has 2 heterocycles. The number of ketones is 1. The van der Waals surface area contributed by atoms with Crippen molar-refractivity contribution in [2.45, 2.75) is 39.0 Å². The number of hydrogen-bond acceptors (Lipinski definition) is 7. The molecule has 1 atom stereocenters. The largest absolute Gasteiger partial charge is 0.507 e. The number of carbonyl (C=O) groups excluding carboxylic acids is 2. The van der Waals surface area contributed by atoms with Crippen LogP contribution in [0.4, 0.5) is 0 Å². The SMILES string of the molecule is CCCCOc1cccc(/C(O)=C2\C(=O)C(=O)N(Cc3ccncc3)C2c2ccc(OCc3ccccc3)c(OC)c2)c1. The summed E-state index contributed by atoms with van der Waals surface area (Å²) >= 11 is 0. The van der Waals surface area contributed by atoms with Crippen LogP contribution in [0.15, 0.2) is 103 Å². The fourth-order valence-electron chi connectivity index (χ4n) is 5.01. The standard InChI is InChI=1S/C35H34N2O6/c1-3-4-19-42-28-12-8-11-27(20-28)33(38)31-32(37(35(40)34(31)39)22-24-15-17-36-18-16-24)26-13-14-29(30(21-26)41-2)43-23-25-9-6-5-7-10-25/h5-18,20-21,32,38H,3-4,19,22-23H2,1-2H3/b33-31+. The van der Waals surface area contributed by atoms with Crippen LogP contribution >= 0.6 is 0 Å². The minimum atomic E-state index is -0.880. The van der Waals surface area contributed by atoms with Gasteiger partial charge in [-0.3, -0.25) is 14.6 Å². The maximum Gasteiger partial charge on any atom is 0.295 e. The van der Waals surface area contributed by atoms with Crippen LogP contribution in [0.1, 0.15) is 48.1 Å². The third-order valence-corrected chi connectivity index (χ3v) is 7.26. The van der Waals surface area contributed by atoms with Crippen LogP contribution in [-0.4, -0.2) is 40.4 Å². The van der Waals surface area contributed by atoms with Crippen molar-refractivity contribution in [3.63, 3.8) is 0 Å². The van der Waals surface area contributed by atoms with Crippen LogP contribution in [0.5, 0.6) is 17.2 Å². The molecule has 0 bridgehead atoms. The quantitative estimate of drug-likeness (QED) is 0.0890. The summed E-state index contributed by atoms with van der Waals surface area (Å²) in [6.07, 6.45) is 5.14. The molecule has 0 radical (unpaired) electrons. The highest BCUT2D eigenvalue weighted by atomic mass is 16.5. The number of aliphatic hydroxyl groups excluding tert-OH is 1. The molecule has 1 fully saturated rings. The number of carbonyl (C=O) groups is 2. The summed E-state index contributed by atoms with van der Waals surface area (Å²) in [7, 11) is 1.53. The van der Waals surface area contributed by atoms with Crippen LogP contribution in [0, 0.1) is 0 Å². The molecule has 4 aromatic rings. The summed E-state index contributed by atoms with van der Waals surface area (Å²) in [4.78, 5) is 32.6. The molecule has 220 valence electrons. The van der Waals surface area contributed by atoms with E-state index in [0.717, 1.165) is 24.0 Å². The van der Waals surface area contributed by atoms with Gasteiger partial charge in [-0.1, -0.05) is 61.9 Å². The lowest BCUT2D eigenvalue weighted by molar-refractivity contribution is -0.140. The highest BCUT2D eigenvalue weighted by Gasteiger charge is 2.46. The summed E-state index contributed by atoms with van der Waals surface area (Å²) in [6, 6.07) is 24.7. The zero-order valence-electron chi connectivity index (χ0n) is 24.2. The Hall–Kier alpha value is -5.11. The molecule has 0 spiro atoms. The van der Waals surface area contributed by atoms with Crippen molar-refractivity contribution >= 4 is 17.4 Å². The van der Waals surface area contributed by atoms with Gasteiger partial charge in [0.1, 0.15) is 18.1 Å². The van der Waals surface area contributed by atoms with E-state index < -0.39 is 17.7 Å². The predicted octanol–water partition coefficient (Wildman–Crippen LogP) is 6.47. The average molecular weight is 579 g/mol. The van der Waals surface area contributed by atoms with E-state index in [1.54, 1.807) is 67.0 Å². The molecule has 0 saturated carbocycles. The Morgan fingerprint density at radius 3 is 2.42 bits per heavy atom. The smallest absolute Gasteiger partial charge is 0.295 e. The van der Waals surface area contributed by atoms with Gasteiger partial charge in [-0.2, -0.15) is 0 Å². The molecule has 43 heavy (non-hydrogen) atoms. The second-order valence-electron chi connectivity index (χ2n) is 10.2. The third kappa shape index (κ3) is 6.70. The van der Waals surface area contributed by atoms with Crippen molar-refractivity contribution in [2.75, 3.05) is 13.7 Å². The molecule has 1 aromatic heterocycles. The van der Waals surface area contributed by atoms with Gasteiger partial charge < -0.3 is 24.2 Å². The number of amides is 1. The average Bonchev–Trinajstić information content (AvgIpc) is 3.29. The number of methoxy groups -OCH3 is 1. The van der Waals surface area contributed by atoms with E-state index >= 15 is 0 Å². The number of benzene rings is 3. The molecule has 1 saturated heterocycles. The Bertz CT molecular complexity index is 1600. The zero-order chi connectivity index (χ0) is 30.2. The molecular formula is C35H34N2O6. The fourth-order valence-corrected chi connectivity index (χ4v) is 5.01. The van der Waals surface area contributed by atoms with E-state index in [-0.39, 0.29) is 17.9 Å². The summed E-state index contributed by atoms with van der Waals surface area (Å²) in [6.45, 7) is 3.10. The number of likely N-dealkylation sites (tertiary alicyclic amines) is 1. The minimum absolute atomic E-state index is 0.00947. The number of Topliss-reactive ketones (excluding diaryl/α,β-unsaturated/α-hetero) is 1. The molecule has 1 aliphatic heterocycles. The van der Waals surface area contributed by atoms with Crippen molar-refractivity contribution in [3.05, 3.63) is 125 Å². The number of aliphatic hydroxyl groups is 1. The Morgan fingerprint density at radius 1 is 0.884 bits per heavy atom. The predicted molar refractivity (Wildman–Crippen MR) is 163 cm³/mol. The number of nitrogens with zero attached hydrogens (tertiary/aromatic N) is 2. The number of ether oxygens (including phenoxy) is 3. The van der Waals surface area contributed by atoms with Crippen molar-refractivity contribution in [2.24, 2.45) is 0 Å². The second-order valence-corrected chi connectivity index (χ2v) is 10.2. The van der Waals surface area contributed by atoms with Crippen molar-refractivity contribution in [1.29, 1.82) is 0 Å². The molecule has 3 aromatic carbocycles. The van der Waals surface area contributed by atoms with Crippen LogP contribution < -0.4 is 14.2 Å². The fraction of sp³-hybridized carbons (Fsp3) is 0.229. The van der Waals surface area contributed by atoms with Crippen molar-refractivity contribution < 1.29 is 28.9 Å². The molecule has 8 nitrogen and oxygen atoms in total. The first-order valence-corrected chi connectivity index (χ1v) is 14.2. The molecule has 0 aliphatic carbocycles. The first-order valence-electron chi connectivity index (χ1n) is 14.2. The van der Waals surface area contributed by atoms with Gasteiger partial charge in [-0.25, -0.2) is 0 Å². The molecule has 8 heteroatoms. The van der Waals surface area contributed by atoms with Crippen molar-refractivity contribution in [3.8, 4) is 17.2 Å². The Kier molecular flexibility index (Phi) is 9.36. The van der Waals surface area contributed by atoms with Gasteiger partial charge in [0.15, 0.2) is 11.5 Å². The normalized spacial score (nSPS) is 15.9. The topological polar surface area (TPSA) is 98.2 Å². The first kappa shape index (κ1) is 29.4. The number of hydrogen-bond donors (Lipinski definition) is 1. The summed E-state index contributed by atoms with van der Waals surface area (Å²) in [5.74, 6) is -0.224. The van der Waals surface area contributed by atoms with Crippen LogP contribution in [0.3, 0.4) is 0 Å². The number of rotatable bonds is 12. The number of pyridine rings is 1. The first-order chi connectivity index (χ1) is 21.0. The van der Waals surface area contributed by atoms with Gasteiger partial charge in [0.2, 0.25) is 0 Å². The van der Waals surface area contributed by atoms with E-state index in [0.29, 0.717) is 41.6 Å². The Balaban J connectivity index is 1.55.